The van der Waals surface area contributed by atoms with Gasteiger partial charge >= 0.3 is 0 Å². The van der Waals surface area contributed by atoms with E-state index in [-0.39, 0.29) is 5.78 Å². The van der Waals surface area contributed by atoms with Crippen molar-refractivity contribution < 1.29 is 9.53 Å². The largest absolute Gasteiger partial charge is 0.492 e. The molecule has 0 saturated heterocycles. The van der Waals surface area contributed by atoms with Crippen LogP contribution in [-0.4, -0.2) is 37.9 Å². The maximum Gasteiger partial charge on any atom is 0.167 e. The van der Waals surface area contributed by atoms with Gasteiger partial charge in [0.1, 0.15) is 12.4 Å². The number of rotatable bonds is 7. The lowest BCUT2D eigenvalue weighted by molar-refractivity contribution is 0.0993. The molecule has 2 rings (SSSR count). The van der Waals surface area contributed by atoms with E-state index in [1.54, 1.807) is 0 Å². The van der Waals surface area contributed by atoms with Crippen LogP contribution in [0.15, 0.2) is 54.6 Å². The summed E-state index contributed by atoms with van der Waals surface area (Å²) in [5.41, 5.74) is 1.76. The normalized spacial score (nSPS) is 10.6. The van der Waals surface area contributed by atoms with E-state index >= 15 is 0 Å². The van der Waals surface area contributed by atoms with E-state index in [0.29, 0.717) is 13.0 Å². The standard InChI is InChI=1S/C18H21NO2/c1-19(2)12-13-21-17-10-8-16(9-11-17)18(20)14-15-6-4-3-5-7-15/h3-11H,12-14H2,1-2H3. The minimum absolute atomic E-state index is 0.126. The third-order valence-corrected chi connectivity index (χ3v) is 3.19. The number of hydrogen-bond donors (Lipinski definition) is 0. The molecule has 0 N–H and O–H groups in total. The monoisotopic (exact) mass is 283 g/mol. The van der Waals surface area contributed by atoms with Crippen molar-refractivity contribution in [1.29, 1.82) is 0 Å². The molecule has 0 aromatic heterocycles. The van der Waals surface area contributed by atoms with Gasteiger partial charge in [-0.05, 0) is 43.9 Å². The molecule has 21 heavy (non-hydrogen) atoms. The molecule has 0 saturated carbocycles. The molecule has 3 nitrogen and oxygen atoms in total. The van der Waals surface area contributed by atoms with Crippen molar-refractivity contribution in [2.75, 3.05) is 27.2 Å². The number of likely N-dealkylation sites (N-methyl/N-ethyl adjacent to an activating group) is 1. The first-order valence-electron chi connectivity index (χ1n) is 7.10. The molecule has 0 bridgehead atoms. The van der Waals surface area contributed by atoms with E-state index in [1.165, 1.54) is 0 Å². The Hall–Kier alpha value is -2.13. The van der Waals surface area contributed by atoms with Crippen LogP contribution < -0.4 is 4.74 Å². The number of hydrogen-bond acceptors (Lipinski definition) is 3. The lowest BCUT2D eigenvalue weighted by atomic mass is 10.0. The van der Waals surface area contributed by atoms with Crippen LogP contribution in [0.5, 0.6) is 5.75 Å². The van der Waals surface area contributed by atoms with Crippen LogP contribution in [0, 0.1) is 0 Å². The number of benzene rings is 2. The third kappa shape index (κ3) is 5.04. The first-order valence-corrected chi connectivity index (χ1v) is 7.10. The molecule has 0 aliphatic carbocycles. The molecular formula is C18H21NO2. The summed E-state index contributed by atoms with van der Waals surface area (Å²) in [5, 5.41) is 0. The van der Waals surface area contributed by atoms with E-state index in [2.05, 4.69) is 4.90 Å². The SMILES string of the molecule is CN(C)CCOc1ccc(C(=O)Cc2ccccc2)cc1. The first-order chi connectivity index (χ1) is 10.1. The second-order valence-electron chi connectivity index (χ2n) is 5.26. The second-order valence-corrected chi connectivity index (χ2v) is 5.26. The fourth-order valence-electron chi connectivity index (χ4n) is 1.97. The van der Waals surface area contributed by atoms with Gasteiger partial charge in [0.15, 0.2) is 5.78 Å². The van der Waals surface area contributed by atoms with Crippen LogP contribution in [0.25, 0.3) is 0 Å². The smallest absolute Gasteiger partial charge is 0.167 e. The predicted octanol–water partition coefficient (Wildman–Crippen LogP) is 3.05. The average Bonchev–Trinajstić information content (AvgIpc) is 2.48. The Balaban J connectivity index is 1.91. The summed E-state index contributed by atoms with van der Waals surface area (Å²) < 4.78 is 5.62. The zero-order chi connectivity index (χ0) is 15.1. The number of carbonyl (C=O) groups excluding carboxylic acids is 1. The maximum atomic E-state index is 12.2. The van der Waals surface area contributed by atoms with Crippen LogP contribution in [-0.2, 0) is 6.42 Å². The highest BCUT2D eigenvalue weighted by atomic mass is 16.5. The highest BCUT2D eigenvalue weighted by Gasteiger charge is 2.07. The van der Waals surface area contributed by atoms with Crippen LogP contribution >= 0.6 is 0 Å². The topological polar surface area (TPSA) is 29.5 Å². The summed E-state index contributed by atoms with van der Waals surface area (Å²) in [5.74, 6) is 0.925. The minimum Gasteiger partial charge on any atom is -0.492 e. The zero-order valence-electron chi connectivity index (χ0n) is 12.6. The molecule has 3 heteroatoms. The summed E-state index contributed by atoms with van der Waals surface area (Å²) in [6, 6.07) is 17.2. The van der Waals surface area contributed by atoms with Crippen molar-refractivity contribution in [3.8, 4) is 5.75 Å². The van der Waals surface area contributed by atoms with Gasteiger partial charge in [-0.2, -0.15) is 0 Å². The molecule has 0 aliphatic rings. The lowest BCUT2D eigenvalue weighted by Crippen LogP contribution is -2.19. The molecule has 0 spiro atoms. The molecule has 0 aliphatic heterocycles. The quantitative estimate of drug-likeness (QED) is 0.731. The van der Waals surface area contributed by atoms with Crippen molar-refractivity contribution in [2.45, 2.75) is 6.42 Å². The molecule has 0 heterocycles. The first kappa shape index (κ1) is 15.3. The van der Waals surface area contributed by atoms with E-state index in [0.717, 1.165) is 23.4 Å². The van der Waals surface area contributed by atoms with Crippen LogP contribution in [0.1, 0.15) is 15.9 Å². The summed E-state index contributed by atoms with van der Waals surface area (Å²) in [4.78, 5) is 14.2. The van der Waals surface area contributed by atoms with Gasteiger partial charge in [0.2, 0.25) is 0 Å². The highest BCUT2D eigenvalue weighted by Crippen LogP contribution is 2.14. The predicted molar refractivity (Wildman–Crippen MR) is 85.0 cm³/mol. The lowest BCUT2D eigenvalue weighted by Gasteiger charge is -2.11. The van der Waals surface area contributed by atoms with Crippen molar-refractivity contribution in [3.63, 3.8) is 0 Å². The minimum atomic E-state index is 0.126. The van der Waals surface area contributed by atoms with Gasteiger partial charge < -0.3 is 9.64 Å². The van der Waals surface area contributed by atoms with E-state index in [4.69, 9.17) is 4.74 Å². The van der Waals surface area contributed by atoms with Gasteiger partial charge in [-0.25, -0.2) is 0 Å². The van der Waals surface area contributed by atoms with Crippen LogP contribution in [0.4, 0.5) is 0 Å². The Morgan fingerprint density at radius 1 is 1.00 bits per heavy atom. The number of Topliss-reactive ketones (excluding diaryl/α,β-unsaturated/α-hetero) is 1. The molecule has 0 fully saturated rings. The summed E-state index contributed by atoms with van der Waals surface area (Å²) in [6.07, 6.45) is 0.432. The van der Waals surface area contributed by atoms with Crippen molar-refractivity contribution in [2.24, 2.45) is 0 Å². The van der Waals surface area contributed by atoms with E-state index in [1.807, 2.05) is 68.7 Å². The van der Waals surface area contributed by atoms with Gasteiger partial charge in [-0.3, -0.25) is 4.79 Å². The maximum absolute atomic E-state index is 12.2. The summed E-state index contributed by atoms with van der Waals surface area (Å²) in [7, 11) is 4.02. The van der Waals surface area contributed by atoms with Crippen LogP contribution in [0.3, 0.4) is 0 Å². The van der Waals surface area contributed by atoms with Gasteiger partial charge in [-0.15, -0.1) is 0 Å². The molecule has 0 radical (unpaired) electrons. The Morgan fingerprint density at radius 2 is 1.67 bits per heavy atom. The van der Waals surface area contributed by atoms with E-state index in [9.17, 15) is 4.79 Å². The zero-order valence-corrected chi connectivity index (χ0v) is 12.6. The Bertz CT molecular complexity index is 562. The summed E-state index contributed by atoms with van der Waals surface area (Å²) >= 11 is 0. The number of nitrogens with zero attached hydrogens (tertiary/aromatic N) is 1. The van der Waals surface area contributed by atoms with Crippen LogP contribution in [0.2, 0.25) is 0 Å². The third-order valence-electron chi connectivity index (χ3n) is 3.19. The molecular weight excluding hydrogens is 262 g/mol. The molecule has 0 atom stereocenters. The Kier molecular flexibility index (Phi) is 5.52. The molecule has 2 aromatic rings. The fourth-order valence-corrected chi connectivity index (χ4v) is 1.97. The fraction of sp³-hybridized carbons (Fsp3) is 0.278. The molecule has 110 valence electrons. The van der Waals surface area contributed by atoms with Gasteiger partial charge in [0.05, 0.1) is 0 Å². The van der Waals surface area contributed by atoms with Crippen molar-refractivity contribution >= 4 is 5.78 Å². The number of ketones is 1. The number of carbonyl (C=O) groups is 1. The second kappa shape index (κ2) is 7.60. The van der Waals surface area contributed by atoms with Gasteiger partial charge in [-0.1, -0.05) is 30.3 Å². The average molecular weight is 283 g/mol. The number of ether oxygens (including phenoxy) is 1. The molecule has 2 aromatic carbocycles. The summed E-state index contributed by atoms with van der Waals surface area (Å²) in [6.45, 7) is 1.51. The molecule has 0 amide bonds. The Morgan fingerprint density at radius 3 is 2.29 bits per heavy atom. The highest BCUT2D eigenvalue weighted by molar-refractivity contribution is 5.97. The van der Waals surface area contributed by atoms with Crippen molar-refractivity contribution in [3.05, 3.63) is 65.7 Å². The van der Waals surface area contributed by atoms with Crippen molar-refractivity contribution in [1.82, 2.24) is 4.90 Å². The molecule has 0 unspecified atom stereocenters. The van der Waals surface area contributed by atoms with E-state index < -0.39 is 0 Å². The van der Waals surface area contributed by atoms with Gasteiger partial charge in [0.25, 0.3) is 0 Å². The Labute approximate surface area is 126 Å². The van der Waals surface area contributed by atoms with Gasteiger partial charge in [0, 0.05) is 18.5 Å².